The zero-order chi connectivity index (χ0) is 13.8. The van der Waals surface area contributed by atoms with Crippen molar-refractivity contribution in [3.8, 4) is 0 Å². The van der Waals surface area contributed by atoms with Crippen molar-refractivity contribution in [2.75, 3.05) is 33.4 Å². The molecular formula is C14H19FN2O2. The summed E-state index contributed by atoms with van der Waals surface area (Å²) in [6, 6.07) is 6.18. The summed E-state index contributed by atoms with van der Waals surface area (Å²) in [7, 11) is 1.70. The minimum Gasteiger partial charge on any atom is -0.378 e. The first-order chi connectivity index (χ1) is 9.11. The van der Waals surface area contributed by atoms with Crippen LogP contribution >= 0.6 is 0 Å². The lowest BCUT2D eigenvalue weighted by molar-refractivity contribution is 0.0424. The number of hydrogen-bond donors (Lipinski definition) is 0. The number of morpholine rings is 1. The highest BCUT2D eigenvalue weighted by Crippen LogP contribution is 2.22. The van der Waals surface area contributed by atoms with Crippen LogP contribution in [0.2, 0.25) is 0 Å². The van der Waals surface area contributed by atoms with Crippen LogP contribution < -0.4 is 0 Å². The molecule has 104 valence electrons. The molecule has 1 aromatic rings. The third kappa shape index (κ3) is 3.04. The molecule has 4 nitrogen and oxygen atoms in total. The number of benzene rings is 1. The third-order valence-corrected chi connectivity index (χ3v) is 3.52. The van der Waals surface area contributed by atoms with Crippen LogP contribution in [0.3, 0.4) is 0 Å². The summed E-state index contributed by atoms with van der Waals surface area (Å²) in [6.07, 6.45) is 0. The predicted molar refractivity (Wildman–Crippen MR) is 70.4 cm³/mol. The summed E-state index contributed by atoms with van der Waals surface area (Å²) in [5.41, 5.74) is 0.534. The van der Waals surface area contributed by atoms with Crippen LogP contribution in [-0.4, -0.2) is 49.2 Å². The molecule has 1 aromatic carbocycles. The van der Waals surface area contributed by atoms with Gasteiger partial charge < -0.3 is 14.5 Å². The number of carbonyl (C=O) groups excluding carboxylic acids is 1. The molecule has 19 heavy (non-hydrogen) atoms. The van der Waals surface area contributed by atoms with Crippen LogP contribution in [-0.2, 0) is 4.74 Å². The Labute approximate surface area is 112 Å². The average Bonchev–Trinajstić information content (AvgIpc) is 2.46. The lowest BCUT2D eigenvalue weighted by Gasteiger charge is -2.34. The molecule has 0 spiro atoms. The van der Waals surface area contributed by atoms with Gasteiger partial charge in [0.05, 0.1) is 19.3 Å². The maximum atomic E-state index is 13.7. The standard InChI is InChI=1S/C14H19FN2O2/c1-11(12-5-3-4-6-13(12)15)16(2)14(18)17-7-9-19-10-8-17/h3-6,11H,7-10H2,1-2H3. The average molecular weight is 266 g/mol. The highest BCUT2D eigenvalue weighted by Gasteiger charge is 2.25. The Morgan fingerprint density at radius 1 is 1.37 bits per heavy atom. The molecule has 2 rings (SSSR count). The molecule has 1 unspecified atom stereocenters. The molecule has 1 aliphatic rings. The molecule has 2 amide bonds. The van der Waals surface area contributed by atoms with Crippen molar-refractivity contribution in [1.82, 2.24) is 9.80 Å². The van der Waals surface area contributed by atoms with Gasteiger partial charge in [0, 0.05) is 25.7 Å². The lowest BCUT2D eigenvalue weighted by Crippen LogP contribution is -2.47. The highest BCUT2D eigenvalue weighted by molar-refractivity contribution is 5.74. The van der Waals surface area contributed by atoms with Crippen LogP contribution in [0.25, 0.3) is 0 Å². The van der Waals surface area contributed by atoms with Gasteiger partial charge in [-0.15, -0.1) is 0 Å². The lowest BCUT2D eigenvalue weighted by atomic mass is 10.1. The van der Waals surface area contributed by atoms with E-state index in [1.165, 1.54) is 6.07 Å². The topological polar surface area (TPSA) is 32.8 Å². The zero-order valence-corrected chi connectivity index (χ0v) is 11.3. The van der Waals surface area contributed by atoms with Gasteiger partial charge in [0.15, 0.2) is 0 Å². The number of carbonyl (C=O) groups is 1. The summed E-state index contributed by atoms with van der Waals surface area (Å²) in [5, 5.41) is 0. The summed E-state index contributed by atoms with van der Waals surface area (Å²) < 4.78 is 19.0. The number of ether oxygens (including phenoxy) is 1. The van der Waals surface area contributed by atoms with E-state index in [1.807, 2.05) is 6.92 Å². The summed E-state index contributed by atoms with van der Waals surface area (Å²) in [4.78, 5) is 15.6. The van der Waals surface area contributed by atoms with Crippen molar-refractivity contribution in [3.63, 3.8) is 0 Å². The van der Waals surface area contributed by atoms with E-state index in [4.69, 9.17) is 4.74 Å². The SMILES string of the molecule is CC(c1ccccc1F)N(C)C(=O)N1CCOCC1. The van der Waals surface area contributed by atoms with Gasteiger partial charge in [-0.25, -0.2) is 9.18 Å². The fourth-order valence-corrected chi connectivity index (χ4v) is 2.17. The van der Waals surface area contributed by atoms with Crippen LogP contribution in [0.4, 0.5) is 9.18 Å². The van der Waals surface area contributed by atoms with Crippen molar-refractivity contribution < 1.29 is 13.9 Å². The van der Waals surface area contributed by atoms with Crippen molar-refractivity contribution in [1.29, 1.82) is 0 Å². The largest absolute Gasteiger partial charge is 0.378 e. The van der Waals surface area contributed by atoms with E-state index in [0.717, 1.165) is 0 Å². The van der Waals surface area contributed by atoms with Crippen molar-refractivity contribution >= 4 is 6.03 Å². The Hall–Kier alpha value is -1.62. The van der Waals surface area contributed by atoms with Crippen molar-refractivity contribution in [3.05, 3.63) is 35.6 Å². The van der Waals surface area contributed by atoms with E-state index in [2.05, 4.69) is 0 Å². The monoisotopic (exact) mass is 266 g/mol. The van der Waals surface area contributed by atoms with Gasteiger partial charge in [-0.3, -0.25) is 0 Å². The first-order valence-electron chi connectivity index (χ1n) is 6.45. The smallest absolute Gasteiger partial charge is 0.320 e. The molecule has 1 atom stereocenters. The molecule has 1 heterocycles. The first kappa shape index (κ1) is 13.8. The number of urea groups is 1. The van der Waals surface area contributed by atoms with Gasteiger partial charge in [0.2, 0.25) is 0 Å². The van der Waals surface area contributed by atoms with E-state index in [-0.39, 0.29) is 17.9 Å². The number of rotatable bonds is 2. The Morgan fingerprint density at radius 3 is 2.63 bits per heavy atom. The molecule has 0 aliphatic carbocycles. The normalized spacial score (nSPS) is 17.1. The zero-order valence-electron chi connectivity index (χ0n) is 11.3. The minimum atomic E-state index is -0.295. The molecule has 0 aromatic heterocycles. The van der Waals surface area contributed by atoms with Gasteiger partial charge in [-0.05, 0) is 13.0 Å². The molecule has 1 fully saturated rings. The quantitative estimate of drug-likeness (QED) is 0.822. The van der Waals surface area contributed by atoms with Gasteiger partial charge in [0.25, 0.3) is 0 Å². The van der Waals surface area contributed by atoms with E-state index in [9.17, 15) is 9.18 Å². The fourth-order valence-electron chi connectivity index (χ4n) is 2.17. The first-order valence-corrected chi connectivity index (χ1v) is 6.45. The van der Waals surface area contributed by atoms with Gasteiger partial charge in [0.1, 0.15) is 5.82 Å². The van der Waals surface area contributed by atoms with E-state index in [1.54, 1.807) is 35.0 Å². The predicted octanol–water partition coefficient (Wildman–Crippen LogP) is 2.27. The Morgan fingerprint density at radius 2 is 2.00 bits per heavy atom. The maximum absolute atomic E-state index is 13.7. The second kappa shape index (κ2) is 6.02. The number of halogens is 1. The van der Waals surface area contributed by atoms with Crippen LogP contribution in [0.15, 0.2) is 24.3 Å². The molecule has 0 N–H and O–H groups in total. The fraction of sp³-hybridized carbons (Fsp3) is 0.500. The maximum Gasteiger partial charge on any atom is 0.320 e. The molecule has 5 heteroatoms. The summed E-state index contributed by atoms with van der Waals surface area (Å²) in [5.74, 6) is -0.281. The van der Waals surface area contributed by atoms with Crippen LogP contribution in [0.1, 0.15) is 18.5 Å². The molecule has 1 saturated heterocycles. The van der Waals surface area contributed by atoms with Gasteiger partial charge in [-0.1, -0.05) is 18.2 Å². The molecule has 0 bridgehead atoms. The second-order valence-electron chi connectivity index (χ2n) is 4.69. The molecule has 0 radical (unpaired) electrons. The number of hydrogen-bond acceptors (Lipinski definition) is 2. The Kier molecular flexibility index (Phi) is 4.37. The third-order valence-electron chi connectivity index (χ3n) is 3.52. The summed E-state index contributed by atoms with van der Waals surface area (Å²) in [6.45, 7) is 4.14. The van der Waals surface area contributed by atoms with Gasteiger partial charge in [-0.2, -0.15) is 0 Å². The van der Waals surface area contributed by atoms with E-state index >= 15 is 0 Å². The molecule has 1 aliphatic heterocycles. The molecular weight excluding hydrogens is 247 g/mol. The van der Waals surface area contributed by atoms with Crippen molar-refractivity contribution in [2.45, 2.75) is 13.0 Å². The van der Waals surface area contributed by atoms with E-state index in [0.29, 0.717) is 31.9 Å². The van der Waals surface area contributed by atoms with Gasteiger partial charge >= 0.3 is 6.03 Å². The Bertz CT molecular complexity index is 447. The number of amides is 2. The summed E-state index contributed by atoms with van der Waals surface area (Å²) >= 11 is 0. The second-order valence-corrected chi connectivity index (χ2v) is 4.69. The van der Waals surface area contributed by atoms with Crippen LogP contribution in [0.5, 0.6) is 0 Å². The highest BCUT2D eigenvalue weighted by atomic mass is 19.1. The minimum absolute atomic E-state index is 0.0842. The molecule has 0 saturated carbocycles. The Balaban J connectivity index is 2.08. The van der Waals surface area contributed by atoms with Crippen LogP contribution in [0, 0.1) is 5.82 Å². The number of nitrogens with zero attached hydrogens (tertiary/aromatic N) is 2. The van der Waals surface area contributed by atoms with E-state index < -0.39 is 0 Å². The van der Waals surface area contributed by atoms with Crippen molar-refractivity contribution in [2.24, 2.45) is 0 Å².